The van der Waals surface area contributed by atoms with E-state index in [4.69, 9.17) is 0 Å². The summed E-state index contributed by atoms with van der Waals surface area (Å²) in [5, 5.41) is 19.4. The summed E-state index contributed by atoms with van der Waals surface area (Å²) in [6.45, 7) is 5.62. The number of aliphatic hydroxyl groups excluding tert-OH is 1. The van der Waals surface area contributed by atoms with Gasteiger partial charge >= 0.3 is 0 Å². The van der Waals surface area contributed by atoms with E-state index < -0.39 is 5.60 Å². The first-order valence-corrected chi connectivity index (χ1v) is 5.17. The van der Waals surface area contributed by atoms with Crippen molar-refractivity contribution in [1.82, 2.24) is 4.90 Å². The third kappa shape index (κ3) is 1.60. The fourth-order valence-electron chi connectivity index (χ4n) is 2.34. The molecule has 1 saturated carbocycles. The number of piperidine rings is 1. The lowest BCUT2D eigenvalue weighted by Gasteiger charge is -2.36. The quantitative estimate of drug-likeness (QED) is 0.646. The van der Waals surface area contributed by atoms with Crippen LogP contribution in [0.25, 0.3) is 0 Å². The minimum atomic E-state index is -0.401. The van der Waals surface area contributed by atoms with Gasteiger partial charge in [-0.3, -0.25) is 4.90 Å². The summed E-state index contributed by atoms with van der Waals surface area (Å²) in [4.78, 5) is 2.20. The van der Waals surface area contributed by atoms with Crippen LogP contribution in [0.4, 0.5) is 0 Å². The van der Waals surface area contributed by atoms with Crippen LogP contribution in [0.3, 0.4) is 0 Å². The van der Waals surface area contributed by atoms with Crippen LogP contribution in [0.15, 0.2) is 0 Å². The molecule has 3 nitrogen and oxygen atoms in total. The van der Waals surface area contributed by atoms with E-state index in [9.17, 15) is 10.2 Å². The van der Waals surface area contributed by atoms with E-state index in [1.807, 2.05) is 13.8 Å². The first-order valence-electron chi connectivity index (χ1n) is 5.17. The van der Waals surface area contributed by atoms with Gasteiger partial charge in [0, 0.05) is 12.6 Å². The zero-order valence-corrected chi connectivity index (χ0v) is 8.40. The summed E-state index contributed by atoms with van der Waals surface area (Å²) in [5.41, 5.74) is -0.401. The van der Waals surface area contributed by atoms with Crippen LogP contribution in [-0.2, 0) is 0 Å². The van der Waals surface area contributed by atoms with Gasteiger partial charge in [0.05, 0.1) is 11.7 Å². The Labute approximate surface area is 79.4 Å². The molecule has 0 aromatic heterocycles. The second-order valence-electron chi connectivity index (χ2n) is 4.74. The largest absolute Gasteiger partial charge is 0.392 e. The zero-order chi connectivity index (χ0) is 9.64. The molecule has 2 rings (SSSR count). The minimum Gasteiger partial charge on any atom is -0.392 e. The van der Waals surface area contributed by atoms with Crippen molar-refractivity contribution >= 4 is 0 Å². The number of nitrogens with zero attached hydrogens (tertiary/aromatic N) is 1. The number of rotatable bonds is 2. The lowest BCUT2D eigenvalue weighted by atomic mass is 10.0. The van der Waals surface area contributed by atoms with Crippen molar-refractivity contribution < 1.29 is 10.2 Å². The van der Waals surface area contributed by atoms with Crippen LogP contribution in [0.1, 0.15) is 26.7 Å². The minimum absolute atomic E-state index is 0.172. The van der Waals surface area contributed by atoms with Crippen LogP contribution in [-0.4, -0.2) is 45.9 Å². The van der Waals surface area contributed by atoms with E-state index in [0.717, 1.165) is 25.9 Å². The molecule has 2 aliphatic rings. The summed E-state index contributed by atoms with van der Waals surface area (Å²) in [7, 11) is 0. The van der Waals surface area contributed by atoms with Gasteiger partial charge in [-0.05, 0) is 39.2 Å². The average Bonchev–Trinajstić information content (AvgIpc) is 2.73. The molecule has 2 N–H and O–H groups in total. The normalized spacial score (nSPS) is 43.8. The Balaban J connectivity index is 1.94. The smallest absolute Gasteiger partial charge is 0.0807 e. The molecule has 76 valence electrons. The van der Waals surface area contributed by atoms with Crippen molar-refractivity contribution in [2.75, 3.05) is 13.1 Å². The second-order valence-corrected chi connectivity index (χ2v) is 4.74. The van der Waals surface area contributed by atoms with Crippen molar-refractivity contribution in [3.63, 3.8) is 0 Å². The molecule has 0 aromatic rings. The average molecular weight is 185 g/mol. The van der Waals surface area contributed by atoms with E-state index >= 15 is 0 Å². The third-order valence-corrected chi connectivity index (χ3v) is 3.72. The highest BCUT2D eigenvalue weighted by Gasteiger charge is 2.56. The Morgan fingerprint density at radius 2 is 2.15 bits per heavy atom. The molecule has 0 spiro atoms. The van der Waals surface area contributed by atoms with Crippen molar-refractivity contribution in [2.45, 2.75) is 44.4 Å². The maximum atomic E-state index is 9.93. The summed E-state index contributed by atoms with van der Waals surface area (Å²) in [6, 6.07) is 0.172. The van der Waals surface area contributed by atoms with E-state index in [1.165, 1.54) is 0 Å². The molecule has 0 bridgehead atoms. The number of β-amino-alcohol motifs (C(OH)–C–C–N with tert-alkyl or cyclic N) is 1. The number of fused-ring (bicyclic) bond motifs is 1. The predicted molar refractivity (Wildman–Crippen MR) is 50.4 cm³/mol. The van der Waals surface area contributed by atoms with Gasteiger partial charge < -0.3 is 10.2 Å². The van der Waals surface area contributed by atoms with E-state index in [1.54, 1.807) is 0 Å². The van der Waals surface area contributed by atoms with Crippen molar-refractivity contribution in [3.05, 3.63) is 0 Å². The first kappa shape index (κ1) is 9.44. The van der Waals surface area contributed by atoms with Gasteiger partial charge in [-0.1, -0.05) is 0 Å². The second kappa shape index (κ2) is 2.94. The lowest BCUT2D eigenvalue weighted by molar-refractivity contribution is -0.00130. The molecule has 0 radical (unpaired) electrons. The fraction of sp³-hybridized carbons (Fsp3) is 1.00. The van der Waals surface area contributed by atoms with Crippen molar-refractivity contribution in [1.29, 1.82) is 0 Å². The fourth-order valence-corrected chi connectivity index (χ4v) is 2.34. The van der Waals surface area contributed by atoms with Crippen molar-refractivity contribution in [3.8, 4) is 0 Å². The van der Waals surface area contributed by atoms with E-state index in [0.29, 0.717) is 5.92 Å². The molecule has 1 aliphatic heterocycles. The number of likely N-dealkylation sites (tertiary alicyclic amines) is 1. The molecular formula is C10H19NO2. The number of hydrogen-bond acceptors (Lipinski definition) is 3. The molecule has 1 saturated heterocycles. The summed E-state index contributed by atoms with van der Waals surface area (Å²) in [5.74, 6) is 0.546. The molecule has 2 fully saturated rings. The number of aliphatic hydroxyl groups is 2. The summed E-state index contributed by atoms with van der Waals surface area (Å²) < 4.78 is 0. The number of hydrogen-bond donors (Lipinski definition) is 2. The Morgan fingerprint density at radius 1 is 1.46 bits per heavy atom. The monoisotopic (exact) mass is 185 g/mol. The topological polar surface area (TPSA) is 43.7 Å². The standard InChI is InChI=1S/C10H19NO2/c1-7(8(2)12)11-4-3-9-5-10(9,13)6-11/h7-9,12-13H,3-6H2,1-2H3/t7?,8?,9-,10+/m1/s1. The van der Waals surface area contributed by atoms with E-state index in [-0.39, 0.29) is 12.1 Å². The highest BCUT2D eigenvalue weighted by Crippen LogP contribution is 2.49. The zero-order valence-electron chi connectivity index (χ0n) is 8.40. The van der Waals surface area contributed by atoms with Crippen LogP contribution in [0.5, 0.6) is 0 Å². The lowest BCUT2D eigenvalue weighted by Crippen LogP contribution is -2.48. The molecule has 13 heavy (non-hydrogen) atoms. The predicted octanol–water partition coefficient (Wildman–Crippen LogP) is 0.212. The molecule has 2 unspecified atom stereocenters. The highest BCUT2D eigenvalue weighted by molar-refractivity contribution is 5.08. The van der Waals surface area contributed by atoms with Crippen LogP contribution in [0, 0.1) is 5.92 Å². The molecule has 4 atom stereocenters. The summed E-state index contributed by atoms with van der Waals surface area (Å²) in [6.07, 6.45) is 1.75. The van der Waals surface area contributed by atoms with Gasteiger partial charge in [-0.2, -0.15) is 0 Å². The van der Waals surface area contributed by atoms with Gasteiger partial charge in [0.2, 0.25) is 0 Å². The summed E-state index contributed by atoms with van der Waals surface area (Å²) >= 11 is 0. The van der Waals surface area contributed by atoms with E-state index in [2.05, 4.69) is 4.90 Å². The maximum Gasteiger partial charge on any atom is 0.0807 e. The molecule has 0 amide bonds. The molecule has 1 aliphatic carbocycles. The molecule has 0 aromatic carbocycles. The van der Waals surface area contributed by atoms with Gasteiger partial charge in [0.25, 0.3) is 0 Å². The first-order chi connectivity index (χ1) is 6.03. The van der Waals surface area contributed by atoms with Crippen LogP contribution in [0.2, 0.25) is 0 Å². The van der Waals surface area contributed by atoms with Crippen molar-refractivity contribution in [2.24, 2.45) is 5.92 Å². The van der Waals surface area contributed by atoms with Crippen LogP contribution < -0.4 is 0 Å². The molecule has 1 heterocycles. The Morgan fingerprint density at radius 3 is 2.69 bits per heavy atom. The molecular weight excluding hydrogens is 166 g/mol. The molecule has 3 heteroatoms. The van der Waals surface area contributed by atoms with Gasteiger partial charge in [-0.15, -0.1) is 0 Å². The third-order valence-electron chi connectivity index (χ3n) is 3.72. The van der Waals surface area contributed by atoms with Crippen LogP contribution >= 0.6 is 0 Å². The Kier molecular flexibility index (Phi) is 2.13. The van der Waals surface area contributed by atoms with Gasteiger partial charge in [0.15, 0.2) is 0 Å². The Hall–Kier alpha value is -0.120. The maximum absolute atomic E-state index is 9.93. The SMILES string of the molecule is CC(O)C(C)N1CC[C@@H]2C[C@]2(O)C1. The van der Waals surface area contributed by atoms with Gasteiger partial charge in [-0.25, -0.2) is 0 Å². The Bertz CT molecular complexity index is 207. The van der Waals surface area contributed by atoms with Gasteiger partial charge in [0.1, 0.15) is 0 Å². The highest BCUT2D eigenvalue weighted by atomic mass is 16.3.